The van der Waals surface area contributed by atoms with Gasteiger partial charge < -0.3 is 10.1 Å². The van der Waals surface area contributed by atoms with Gasteiger partial charge in [-0.2, -0.15) is 0 Å². The molecule has 1 aromatic heterocycles. The first-order valence-corrected chi connectivity index (χ1v) is 7.02. The van der Waals surface area contributed by atoms with Crippen LogP contribution in [-0.2, 0) is 11.3 Å². The zero-order valence-corrected chi connectivity index (χ0v) is 11.6. The lowest BCUT2D eigenvalue weighted by molar-refractivity contribution is 0.132. The van der Waals surface area contributed by atoms with Crippen molar-refractivity contribution in [3.63, 3.8) is 0 Å². The third-order valence-corrected chi connectivity index (χ3v) is 2.99. The van der Waals surface area contributed by atoms with Gasteiger partial charge in [0, 0.05) is 31.3 Å². The second kappa shape index (κ2) is 7.87. The number of aromatic nitrogens is 1. The smallest absolute Gasteiger partial charge is 0.0702 e. The van der Waals surface area contributed by atoms with Crippen LogP contribution in [0.2, 0.25) is 0 Å². The Balaban J connectivity index is 1.72. The lowest BCUT2D eigenvalue weighted by Gasteiger charge is -2.06. The summed E-state index contributed by atoms with van der Waals surface area (Å²) in [5, 5.41) is 4.64. The van der Waals surface area contributed by atoms with Crippen LogP contribution in [0.5, 0.6) is 0 Å². The topological polar surface area (TPSA) is 34.1 Å². The van der Waals surface area contributed by atoms with E-state index in [2.05, 4.69) is 41.5 Å². The Morgan fingerprint density at radius 2 is 2.16 bits per heavy atom. The number of benzene rings is 1. The molecule has 0 aliphatic rings. The molecule has 0 aliphatic carbocycles. The van der Waals surface area contributed by atoms with Gasteiger partial charge in [0.25, 0.3) is 0 Å². The van der Waals surface area contributed by atoms with Crippen LogP contribution in [0.1, 0.15) is 25.3 Å². The fourth-order valence-electron chi connectivity index (χ4n) is 2.01. The Kier molecular flexibility index (Phi) is 5.79. The van der Waals surface area contributed by atoms with Crippen molar-refractivity contribution in [3.05, 3.63) is 42.1 Å². The Morgan fingerprint density at radius 3 is 3.05 bits per heavy atom. The summed E-state index contributed by atoms with van der Waals surface area (Å²) < 4.78 is 5.44. The number of hydrogen-bond acceptors (Lipinski definition) is 3. The maximum Gasteiger partial charge on any atom is 0.0702 e. The van der Waals surface area contributed by atoms with Crippen molar-refractivity contribution in [2.45, 2.75) is 26.3 Å². The molecule has 3 heteroatoms. The number of nitrogens with one attached hydrogen (secondary N) is 1. The van der Waals surface area contributed by atoms with Crippen LogP contribution in [0.3, 0.4) is 0 Å². The molecule has 0 radical (unpaired) electrons. The summed E-state index contributed by atoms with van der Waals surface area (Å²) >= 11 is 0. The van der Waals surface area contributed by atoms with Gasteiger partial charge in [-0.3, -0.25) is 4.98 Å². The predicted molar refractivity (Wildman–Crippen MR) is 79.2 cm³/mol. The van der Waals surface area contributed by atoms with E-state index >= 15 is 0 Å². The van der Waals surface area contributed by atoms with Crippen molar-refractivity contribution >= 4 is 10.9 Å². The maximum atomic E-state index is 5.44. The van der Waals surface area contributed by atoms with E-state index in [1.54, 1.807) is 0 Å². The Morgan fingerprint density at radius 1 is 1.21 bits per heavy atom. The van der Waals surface area contributed by atoms with E-state index in [4.69, 9.17) is 4.74 Å². The highest BCUT2D eigenvalue weighted by atomic mass is 16.5. The van der Waals surface area contributed by atoms with Crippen LogP contribution in [0.4, 0.5) is 0 Å². The summed E-state index contributed by atoms with van der Waals surface area (Å²) in [5.41, 5.74) is 2.36. The number of hydrogen-bond donors (Lipinski definition) is 1. The first-order valence-electron chi connectivity index (χ1n) is 7.02. The van der Waals surface area contributed by atoms with Crippen molar-refractivity contribution in [3.8, 4) is 0 Å². The van der Waals surface area contributed by atoms with E-state index in [0.29, 0.717) is 0 Å². The molecule has 0 amide bonds. The van der Waals surface area contributed by atoms with Crippen LogP contribution in [-0.4, -0.2) is 24.7 Å². The van der Waals surface area contributed by atoms with Crippen molar-refractivity contribution in [2.75, 3.05) is 19.8 Å². The van der Waals surface area contributed by atoms with Crippen LogP contribution < -0.4 is 5.32 Å². The van der Waals surface area contributed by atoms with Gasteiger partial charge in [-0.25, -0.2) is 0 Å². The minimum absolute atomic E-state index is 0.850. The number of ether oxygens (including phenoxy) is 1. The number of nitrogens with zero attached hydrogens (tertiary/aromatic N) is 1. The van der Waals surface area contributed by atoms with E-state index in [1.165, 1.54) is 10.9 Å². The van der Waals surface area contributed by atoms with Crippen molar-refractivity contribution in [1.82, 2.24) is 10.3 Å². The summed E-state index contributed by atoms with van der Waals surface area (Å²) in [7, 11) is 0. The predicted octanol–water partition coefficient (Wildman–Crippen LogP) is 3.14. The lowest BCUT2D eigenvalue weighted by Crippen LogP contribution is -2.16. The van der Waals surface area contributed by atoms with E-state index in [9.17, 15) is 0 Å². The SMILES string of the molecule is CCCOCCCNCc1ccc2ncccc2c1. The highest BCUT2D eigenvalue weighted by Gasteiger charge is 1.97. The number of fused-ring (bicyclic) bond motifs is 1. The monoisotopic (exact) mass is 258 g/mol. The first kappa shape index (κ1) is 14.0. The van der Waals surface area contributed by atoms with E-state index < -0.39 is 0 Å². The molecule has 0 unspecified atom stereocenters. The van der Waals surface area contributed by atoms with E-state index in [-0.39, 0.29) is 0 Å². The minimum atomic E-state index is 0.850. The molecular weight excluding hydrogens is 236 g/mol. The molecule has 0 bridgehead atoms. The van der Waals surface area contributed by atoms with Gasteiger partial charge in [0.2, 0.25) is 0 Å². The summed E-state index contributed by atoms with van der Waals surface area (Å²) in [6.07, 6.45) is 3.99. The lowest BCUT2D eigenvalue weighted by atomic mass is 10.1. The normalized spacial score (nSPS) is 11.0. The quantitative estimate of drug-likeness (QED) is 0.739. The van der Waals surface area contributed by atoms with Crippen molar-refractivity contribution in [1.29, 1.82) is 0 Å². The fraction of sp³-hybridized carbons (Fsp3) is 0.438. The molecule has 1 heterocycles. The zero-order chi connectivity index (χ0) is 13.3. The van der Waals surface area contributed by atoms with Gasteiger partial charge in [-0.1, -0.05) is 19.1 Å². The number of rotatable bonds is 8. The molecule has 3 nitrogen and oxygen atoms in total. The average Bonchev–Trinajstić information content (AvgIpc) is 2.46. The molecule has 1 N–H and O–H groups in total. The first-order chi connectivity index (χ1) is 9.40. The van der Waals surface area contributed by atoms with Gasteiger partial charge in [0.1, 0.15) is 0 Å². The standard InChI is InChI=1S/C16H22N2O/c1-2-10-19-11-4-8-17-13-14-6-7-16-15(12-14)5-3-9-18-16/h3,5-7,9,12,17H,2,4,8,10-11,13H2,1H3. The van der Waals surface area contributed by atoms with Crippen molar-refractivity contribution in [2.24, 2.45) is 0 Å². The van der Waals surface area contributed by atoms with E-state index in [1.807, 2.05) is 12.3 Å². The summed E-state index contributed by atoms with van der Waals surface area (Å²) in [4.78, 5) is 4.32. The van der Waals surface area contributed by atoms with Gasteiger partial charge in [-0.15, -0.1) is 0 Å². The Bertz CT molecular complexity index is 499. The van der Waals surface area contributed by atoms with Gasteiger partial charge in [0.05, 0.1) is 5.52 Å². The molecule has 0 saturated heterocycles. The van der Waals surface area contributed by atoms with Crippen molar-refractivity contribution < 1.29 is 4.74 Å². The molecule has 0 aliphatic heterocycles. The molecule has 2 rings (SSSR count). The second-order valence-corrected chi connectivity index (χ2v) is 4.67. The molecule has 1 aromatic carbocycles. The highest BCUT2D eigenvalue weighted by molar-refractivity contribution is 5.78. The minimum Gasteiger partial charge on any atom is -0.381 e. The molecule has 0 fully saturated rings. The Hall–Kier alpha value is -1.45. The molecule has 0 saturated carbocycles. The largest absolute Gasteiger partial charge is 0.381 e. The third kappa shape index (κ3) is 4.62. The van der Waals surface area contributed by atoms with Crippen LogP contribution in [0.25, 0.3) is 10.9 Å². The molecule has 0 spiro atoms. The molecule has 19 heavy (non-hydrogen) atoms. The van der Waals surface area contributed by atoms with Gasteiger partial charge >= 0.3 is 0 Å². The molecule has 102 valence electrons. The summed E-state index contributed by atoms with van der Waals surface area (Å²) in [6.45, 7) is 5.75. The third-order valence-electron chi connectivity index (χ3n) is 2.99. The molecule has 0 atom stereocenters. The van der Waals surface area contributed by atoms with Gasteiger partial charge in [-0.05, 0) is 43.1 Å². The van der Waals surface area contributed by atoms with E-state index in [0.717, 1.165) is 44.7 Å². The zero-order valence-electron chi connectivity index (χ0n) is 11.6. The summed E-state index contributed by atoms with van der Waals surface area (Å²) in [6, 6.07) is 10.5. The molecular formula is C16H22N2O. The maximum absolute atomic E-state index is 5.44. The summed E-state index contributed by atoms with van der Waals surface area (Å²) in [5.74, 6) is 0. The van der Waals surface area contributed by atoms with Crippen LogP contribution in [0.15, 0.2) is 36.5 Å². The molecule has 2 aromatic rings. The second-order valence-electron chi connectivity index (χ2n) is 4.67. The fourth-order valence-corrected chi connectivity index (χ4v) is 2.01. The highest BCUT2D eigenvalue weighted by Crippen LogP contribution is 2.12. The Labute approximate surface area is 115 Å². The van der Waals surface area contributed by atoms with Gasteiger partial charge in [0.15, 0.2) is 0 Å². The number of pyridine rings is 1. The van der Waals surface area contributed by atoms with Crippen LogP contribution in [0, 0.1) is 0 Å². The van der Waals surface area contributed by atoms with Crippen LogP contribution >= 0.6 is 0 Å². The average molecular weight is 258 g/mol.